The molecule has 4 N–H and O–H groups in total. The van der Waals surface area contributed by atoms with E-state index < -0.39 is 51.9 Å². The number of nitrogens with zero attached hydrogens (tertiary/aromatic N) is 1. The van der Waals surface area contributed by atoms with Crippen molar-refractivity contribution in [3.63, 3.8) is 0 Å². The molecule has 178 valence electrons. The van der Waals surface area contributed by atoms with Crippen molar-refractivity contribution in [2.45, 2.75) is 42.1 Å². The number of carbonyl (C=O) groups excluding carboxylic acids is 3. The van der Waals surface area contributed by atoms with Gasteiger partial charge in [0.25, 0.3) is 0 Å². The number of carboxylic acid groups (broad SMARTS) is 1. The van der Waals surface area contributed by atoms with Crippen molar-refractivity contribution in [1.82, 2.24) is 15.5 Å². The van der Waals surface area contributed by atoms with Gasteiger partial charge in [0.1, 0.15) is 23.5 Å². The minimum Gasteiger partial charge on any atom is -0.480 e. The van der Waals surface area contributed by atoms with Crippen molar-refractivity contribution in [1.29, 1.82) is 0 Å². The molecule has 0 radical (unpaired) electrons. The lowest BCUT2D eigenvalue weighted by Crippen LogP contribution is -2.71. The van der Waals surface area contributed by atoms with Crippen LogP contribution in [0.2, 0.25) is 0 Å². The second-order valence-electron chi connectivity index (χ2n) is 8.72. The SMILES string of the molecule is CC1(C)SC2C(NC(=O)C(NC(=O)CNc3ccccc3)c3ccccc3)C(=O)N2C1C(=O)O. The number of thioether (sulfide) groups is 1. The van der Waals surface area contributed by atoms with E-state index in [9.17, 15) is 24.3 Å². The van der Waals surface area contributed by atoms with Gasteiger partial charge in [0.05, 0.1) is 6.54 Å². The molecule has 9 nitrogen and oxygen atoms in total. The number of rotatable bonds is 8. The third kappa shape index (κ3) is 4.58. The number of benzene rings is 2. The van der Waals surface area contributed by atoms with Gasteiger partial charge in [-0.25, -0.2) is 4.79 Å². The van der Waals surface area contributed by atoms with Crippen molar-refractivity contribution in [2.75, 3.05) is 11.9 Å². The first-order valence-corrected chi connectivity index (χ1v) is 11.7. The maximum Gasteiger partial charge on any atom is 0.327 e. The van der Waals surface area contributed by atoms with Gasteiger partial charge in [-0.3, -0.25) is 14.4 Å². The average molecular weight is 483 g/mol. The van der Waals surface area contributed by atoms with E-state index in [1.54, 1.807) is 44.2 Å². The molecule has 4 rings (SSSR count). The number of fused-ring (bicyclic) bond motifs is 1. The van der Waals surface area contributed by atoms with Crippen molar-refractivity contribution in [3.05, 3.63) is 66.2 Å². The van der Waals surface area contributed by atoms with Gasteiger partial charge in [0.15, 0.2) is 0 Å². The number of para-hydroxylation sites is 1. The molecule has 10 heteroatoms. The number of carbonyl (C=O) groups is 4. The zero-order valence-electron chi connectivity index (χ0n) is 18.7. The Kier molecular flexibility index (Phi) is 6.52. The summed E-state index contributed by atoms with van der Waals surface area (Å²) in [7, 11) is 0. The Morgan fingerprint density at radius 3 is 2.29 bits per heavy atom. The molecule has 2 saturated heterocycles. The summed E-state index contributed by atoms with van der Waals surface area (Å²) in [5.41, 5.74) is 1.34. The molecule has 4 unspecified atom stereocenters. The molecular weight excluding hydrogens is 456 g/mol. The lowest BCUT2D eigenvalue weighted by Gasteiger charge is -2.44. The largest absolute Gasteiger partial charge is 0.480 e. The van der Waals surface area contributed by atoms with Crippen LogP contribution in [0.4, 0.5) is 5.69 Å². The number of hydrogen-bond donors (Lipinski definition) is 4. The summed E-state index contributed by atoms with van der Waals surface area (Å²) in [5, 5.41) is 17.6. The van der Waals surface area contributed by atoms with Crippen molar-refractivity contribution >= 4 is 41.1 Å². The van der Waals surface area contributed by atoms with Crippen molar-refractivity contribution in [3.8, 4) is 0 Å². The molecule has 4 atom stereocenters. The Balaban J connectivity index is 1.45. The number of nitrogens with one attached hydrogen (secondary N) is 3. The van der Waals surface area contributed by atoms with Gasteiger partial charge in [-0.1, -0.05) is 48.5 Å². The monoisotopic (exact) mass is 482 g/mol. The lowest BCUT2D eigenvalue weighted by molar-refractivity contribution is -0.161. The zero-order chi connectivity index (χ0) is 24.5. The van der Waals surface area contributed by atoms with E-state index in [0.29, 0.717) is 5.56 Å². The van der Waals surface area contributed by atoms with Gasteiger partial charge in [-0.15, -0.1) is 11.8 Å². The highest BCUT2D eigenvalue weighted by Gasteiger charge is 2.64. The third-order valence-corrected chi connectivity index (χ3v) is 7.47. The van der Waals surface area contributed by atoms with Crippen LogP contribution in [0.5, 0.6) is 0 Å². The second-order valence-corrected chi connectivity index (χ2v) is 10.5. The van der Waals surface area contributed by atoms with Crippen LogP contribution in [0.1, 0.15) is 25.5 Å². The minimum absolute atomic E-state index is 0.0380. The summed E-state index contributed by atoms with van der Waals surface area (Å²) < 4.78 is -0.693. The van der Waals surface area contributed by atoms with Crippen LogP contribution in [-0.2, 0) is 19.2 Å². The third-order valence-electron chi connectivity index (χ3n) is 5.90. The Morgan fingerprint density at radius 2 is 1.68 bits per heavy atom. The number of carboxylic acids is 1. The van der Waals surface area contributed by atoms with Crippen LogP contribution in [0.3, 0.4) is 0 Å². The Labute approximate surface area is 201 Å². The molecule has 0 aromatic heterocycles. The van der Waals surface area contributed by atoms with Gasteiger partial charge >= 0.3 is 5.97 Å². The first-order valence-electron chi connectivity index (χ1n) is 10.9. The predicted octanol–water partition coefficient (Wildman–Crippen LogP) is 1.59. The summed E-state index contributed by atoms with van der Waals surface area (Å²) in [6, 6.07) is 15.1. The summed E-state index contributed by atoms with van der Waals surface area (Å²) >= 11 is 1.35. The molecule has 3 amide bonds. The predicted molar refractivity (Wildman–Crippen MR) is 128 cm³/mol. The molecule has 2 fully saturated rings. The Bertz CT molecular complexity index is 1100. The highest BCUT2D eigenvalue weighted by atomic mass is 32.2. The Morgan fingerprint density at radius 1 is 1.06 bits per heavy atom. The molecule has 0 spiro atoms. The number of amides is 3. The van der Waals surface area contributed by atoms with Crippen LogP contribution >= 0.6 is 11.8 Å². The van der Waals surface area contributed by atoms with Crippen LogP contribution in [0.15, 0.2) is 60.7 Å². The number of β-lactam (4-membered cyclic amide) rings is 1. The van der Waals surface area contributed by atoms with Crippen LogP contribution in [0, 0.1) is 0 Å². The number of aliphatic carboxylic acids is 1. The molecular formula is C24H26N4O5S. The highest BCUT2D eigenvalue weighted by molar-refractivity contribution is 8.01. The van der Waals surface area contributed by atoms with E-state index in [0.717, 1.165) is 5.69 Å². The molecule has 2 aromatic carbocycles. The van der Waals surface area contributed by atoms with Crippen molar-refractivity contribution < 1.29 is 24.3 Å². The van der Waals surface area contributed by atoms with E-state index in [-0.39, 0.29) is 6.54 Å². The topological polar surface area (TPSA) is 128 Å². The maximum absolute atomic E-state index is 13.2. The normalized spacial score (nSPS) is 23.3. The van der Waals surface area contributed by atoms with Crippen LogP contribution in [-0.4, -0.2) is 62.4 Å². The summed E-state index contributed by atoms with van der Waals surface area (Å²) in [5.74, 6) is -2.43. The van der Waals surface area contributed by atoms with E-state index in [1.807, 2.05) is 30.3 Å². The fourth-order valence-electron chi connectivity index (χ4n) is 4.28. The van der Waals surface area contributed by atoms with Crippen LogP contribution in [0.25, 0.3) is 0 Å². The molecule has 0 saturated carbocycles. The van der Waals surface area contributed by atoms with Gasteiger partial charge in [0, 0.05) is 10.4 Å². The van der Waals surface area contributed by atoms with E-state index in [1.165, 1.54) is 16.7 Å². The zero-order valence-corrected chi connectivity index (χ0v) is 19.5. The first-order chi connectivity index (χ1) is 16.2. The number of anilines is 1. The standard InChI is InChI=1S/C24H26N4O5S/c1-24(2)19(23(32)33)28-21(31)18(22(28)34-24)27-20(30)17(14-9-5-3-6-10-14)26-16(29)13-25-15-11-7-4-8-12-15/h3-12,17-19,22,25H,13H2,1-2H3,(H,26,29)(H,27,30)(H,32,33). The molecule has 34 heavy (non-hydrogen) atoms. The fourth-order valence-corrected chi connectivity index (χ4v) is 5.90. The van der Waals surface area contributed by atoms with Gasteiger partial charge < -0.3 is 26.0 Å². The minimum atomic E-state index is -1.07. The maximum atomic E-state index is 13.2. The molecule has 2 heterocycles. The van der Waals surface area contributed by atoms with Crippen LogP contribution < -0.4 is 16.0 Å². The highest BCUT2D eigenvalue weighted by Crippen LogP contribution is 2.50. The quantitative estimate of drug-likeness (QED) is 0.421. The average Bonchev–Trinajstić information content (AvgIpc) is 3.08. The lowest BCUT2D eigenvalue weighted by atomic mass is 9.95. The summed E-state index contributed by atoms with van der Waals surface area (Å²) in [4.78, 5) is 51.6. The fraction of sp³-hybridized carbons (Fsp3) is 0.333. The van der Waals surface area contributed by atoms with Gasteiger partial charge in [0.2, 0.25) is 17.7 Å². The smallest absolute Gasteiger partial charge is 0.327 e. The molecule has 0 bridgehead atoms. The van der Waals surface area contributed by atoms with E-state index in [4.69, 9.17) is 0 Å². The molecule has 2 aliphatic rings. The van der Waals surface area contributed by atoms with E-state index >= 15 is 0 Å². The van der Waals surface area contributed by atoms with Gasteiger partial charge in [-0.2, -0.15) is 0 Å². The molecule has 0 aliphatic carbocycles. The number of hydrogen-bond acceptors (Lipinski definition) is 6. The summed E-state index contributed by atoms with van der Waals surface area (Å²) in [6.07, 6.45) is 0. The Hall–Kier alpha value is -3.53. The second kappa shape index (κ2) is 9.38. The van der Waals surface area contributed by atoms with E-state index in [2.05, 4.69) is 16.0 Å². The van der Waals surface area contributed by atoms with Gasteiger partial charge in [-0.05, 0) is 31.5 Å². The molecule has 2 aromatic rings. The van der Waals surface area contributed by atoms with Crippen molar-refractivity contribution in [2.24, 2.45) is 0 Å². The molecule has 2 aliphatic heterocycles. The first kappa shape index (κ1) is 23.6. The summed E-state index contributed by atoms with van der Waals surface area (Å²) in [6.45, 7) is 3.51.